The fraction of sp³-hybridized carbons (Fsp3) is 0. The third-order valence-corrected chi connectivity index (χ3v) is 6.08. The topological polar surface area (TPSA) is 127 Å². The summed E-state index contributed by atoms with van der Waals surface area (Å²) in [7, 11) is -4.04. The highest BCUT2D eigenvalue weighted by molar-refractivity contribution is 7.90. The zero-order valence-corrected chi connectivity index (χ0v) is 16.3. The second-order valence-corrected chi connectivity index (χ2v) is 8.26. The van der Waals surface area contributed by atoms with Crippen LogP contribution in [0.3, 0.4) is 0 Å². The van der Waals surface area contributed by atoms with Crippen LogP contribution in [0, 0.1) is 11.3 Å². The zero-order valence-electron chi connectivity index (χ0n) is 14.7. The van der Waals surface area contributed by atoms with Crippen LogP contribution in [0.4, 0.5) is 17.6 Å². The monoisotopic (exact) mass is 424 g/mol. The molecule has 0 aliphatic carbocycles. The van der Waals surface area contributed by atoms with E-state index < -0.39 is 10.0 Å². The van der Waals surface area contributed by atoms with E-state index in [1.165, 1.54) is 18.2 Å². The van der Waals surface area contributed by atoms with Crippen molar-refractivity contribution in [3.05, 3.63) is 71.2 Å². The van der Waals surface area contributed by atoms with Crippen LogP contribution < -0.4 is 11.1 Å². The Kier molecular flexibility index (Phi) is 4.58. The second kappa shape index (κ2) is 7.09. The normalized spacial score (nSPS) is 11.3. The molecule has 144 valence electrons. The molecule has 8 nitrogen and oxygen atoms in total. The number of anilines is 3. The number of hydrogen-bond donors (Lipinski definition) is 2. The molecule has 0 atom stereocenters. The predicted octanol–water partition coefficient (Wildman–Crippen LogP) is 3.52. The molecule has 4 rings (SSSR count). The van der Waals surface area contributed by atoms with Gasteiger partial charge >= 0.3 is 0 Å². The highest BCUT2D eigenvalue weighted by Gasteiger charge is 2.23. The number of halogens is 1. The van der Waals surface area contributed by atoms with Crippen LogP contribution in [0.5, 0.6) is 0 Å². The smallest absolute Gasteiger partial charge is 0.286 e. The molecule has 0 saturated heterocycles. The Labute approximate surface area is 171 Å². The Morgan fingerprint density at radius 2 is 1.83 bits per heavy atom. The summed E-state index contributed by atoms with van der Waals surface area (Å²) >= 11 is 6.00. The number of fused-ring (bicyclic) bond motifs is 1. The maximum absolute atomic E-state index is 13.0. The molecule has 0 aliphatic rings. The minimum Gasteiger partial charge on any atom is -0.367 e. The Morgan fingerprint density at radius 1 is 1.07 bits per heavy atom. The van der Waals surface area contributed by atoms with Crippen LogP contribution in [0.15, 0.2) is 65.6 Å². The summed E-state index contributed by atoms with van der Waals surface area (Å²) in [4.78, 5) is 4.01. The average Bonchev–Trinajstić information content (AvgIpc) is 3.08. The summed E-state index contributed by atoms with van der Waals surface area (Å²) < 4.78 is 26.7. The Balaban J connectivity index is 1.69. The van der Waals surface area contributed by atoms with Crippen molar-refractivity contribution in [2.45, 2.75) is 4.90 Å². The SMILES string of the molecule is N#Cc1ccc(Nc2nc(N)n(S(=O)(=O)c3ccc4ccccc4c3)n2)cc1Cl. The number of nitrogens with two attached hydrogens (primary N) is 1. The predicted molar refractivity (Wildman–Crippen MR) is 110 cm³/mol. The minimum atomic E-state index is -4.04. The number of nitrogen functional groups attached to an aromatic ring is 1. The lowest BCUT2D eigenvalue weighted by atomic mass is 10.1. The average molecular weight is 425 g/mol. The van der Waals surface area contributed by atoms with E-state index in [1.807, 2.05) is 30.3 Å². The summed E-state index contributed by atoms with van der Waals surface area (Å²) in [5.74, 6) is -0.312. The highest BCUT2D eigenvalue weighted by atomic mass is 35.5. The van der Waals surface area contributed by atoms with E-state index in [0.717, 1.165) is 10.8 Å². The Morgan fingerprint density at radius 3 is 2.55 bits per heavy atom. The van der Waals surface area contributed by atoms with Crippen molar-refractivity contribution in [2.75, 3.05) is 11.1 Å². The van der Waals surface area contributed by atoms with Crippen molar-refractivity contribution >= 4 is 50.0 Å². The molecule has 29 heavy (non-hydrogen) atoms. The van der Waals surface area contributed by atoms with Gasteiger partial charge in [-0.3, -0.25) is 0 Å². The van der Waals surface area contributed by atoms with Crippen molar-refractivity contribution in [1.29, 1.82) is 5.26 Å². The number of hydrogen-bond acceptors (Lipinski definition) is 7. The molecular weight excluding hydrogens is 412 g/mol. The fourth-order valence-corrected chi connectivity index (χ4v) is 4.19. The van der Waals surface area contributed by atoms with Crippen molar-refractivity contribution in [3.63, 3.8) is 0 Å². The maximum atomic E-state index is 13.0. The van der Waals surface area contributed by atoms with Gasteiger partial charge in [0.15, 0.2) is 0 Å². The van der Waals surface area contributed by atoms with Gasteiger partial charge < -0.3 is 11.1 Å². The van der Waals surface area contributed by atoms with Gasteiger partial charge in [-0.25, -0.2) is 0 Å². The van der Waals surface area contributed by atoms with Crippen molar-refractivity contribution in [3.8, 4) is 6.07 Å². The van der Waals surface area contributed by atoms with Crippen LogP contribution in [0.25, 0.3) is 10.8 Å². The molecule has 0 amide bonds. The van der Waals surface area contributed by atoms with Gasteiger partial charge in [0, 0.05) is 5.69 Å². The van der Waals surface area contributed by atoms with E-state index in [-0.39, 0.29) is 21.8 Å². The summed E-state index contributed by atoms with van der Waals surface area (Å²) in [5.41, 5.74) is 6.60. The molecule has 3 aromatic carbocycles. The lowest BCUT2D eigenvalue weighted by Crippen LogP contribution is -2.17. The molecule has 0 saturated carbocycles. The first-order chi connectivity index (χ1) is 13.9. The van der Waals surface area contributed by atoms with Gasteiger partial charge in [0.1, 0.15) is 6.07 Å². The first kappa shape index (κ1) is 18.7. The molecule has 0 bridgehead atoms. The molecule has 0 fully saturated rings. The minimum absolute atomic E-state index is 0.0207. The molecule has 1 aromatic heterocycles. The lowest BCUT2D eigenvalue weighted by molar-refractivity contribution is 0.581. The molecular formula is C19H13ClN6O2S. The molecule has 10 heteroatoms. The van der Waals surface area contributed by atoms with E-state index in [4.69, 9.17) is 22.6 Å². The van der Waals surface area contributed by atoms with Crippen LogP contribution in [-0.4, -0.2) is 22.6 Å². The summed E-state index contributed by atoms with van der Waals surface area (Å²) in [6.07, 6.45) is 0. The largest absolute Gasteiger partial charge is 0.367 e. The third kappa shape index (κ3) is 3.47. The van der Waals surface area contributed by atoms with Crippen molar-refractivity contribution < 1.29 is 8.42 Å². The molecule has 0 unspecified atom stereocenters. The first-order valence-corrected chi connectivity index (χ1v) is 10.1. The molecule has 1 heterocycles. The number of aromatic nitrogens is 3. The highest BCUT2D eigenvalue weighted by Crippen LogP contribution is 2.25. The number of rotatable bonds is 4. The zero-order chi connectivity index (χ0) is 20.6. The standard InChI is InChI=1S/C19H13ClN6O2S/c20-17-10-15(7-5-14(17)11-21)23-19-24-18(22)26(25-19)29(27,28)16-8-6-12-3-1-2-4-13(12)9-16/h1-10H,(H3,22,23,24,25). The van der Waals surface area contributed by atoms with E-state index in [0.29, 0.717) is 15.3 Å². The van der Waals surface area contributed by atoms with E-state index in [2.05, 4.69) is 15.4 Å². The molecule has 0 spiro atoms. The van der Waals surface area contributed by atoms with Gasteiger partial charge in [-0.15, -0.1) is 9.19 Å². The Bertz CT molecular complexity index is 1390. The molecule has 3 N–H and O–H groups in total. The van der Waals surface area contributed by atoms with Crippen molar-refractivity contribution in [1.82, 2.24) is 14.2 Å². The van der Waals surface area contributed by atoms with Gasteiger partial charge in [-0.05, 0) is 41.1 Å². The van der Waals surface area contributed by atoms with Gasteiger partial charge in [0.25, 0.3) is 10.0 Å². The summed E-state index contributed by atoms with van der Waals surface area (Å²) in [5, 5.41) is 17.7. The summed E-state index contributed by atoms with van der Waals surface area (Å²) in [6.45, 7) is 0. The van der Waals surface area contributed by atoms with Crippen LogP contribution in [0.2, 0.25) is 5.02 Å². The van der Waals surface area contributed by atoms with Crippen LogP contribution >= 0.6 is 11.6 Å². The number of nitrogens with one attached hydrogen (secondary N) is 1. The van der Waals surface area contributed by atoms with E-state index in [9.17, 15) is 8.42 Å². The maximum Gasteiger partial charge on any atom is 0.286 e. The second-order valence-electron chi connectivity index (χ2n) is 6.08. The quantitative estimate of drug-likeness (QED) is 0.513. The summed E-state index contributed by atoms with van der Waals surface area (Å²) in [6, 6.07) is 18.8. The molecule has 4 aromatic rings. The Hall–Kier alpha value is -3.61. The first-order valence-electron chi connectivity index (χ1n) is 8.32. The molecule has 0 radical (unpaired) electrons. The van der Waals surface area contributed by atoms with Gasteiger partial charge in [0.05, 0.1) is 15.5 Å². The number of nitrogens with zero attached hydrogens (tertiary/aromatic N) is 4. The van der Waals surface area contributed by atoms with Crippen molar-refractivity contribution in [2.24, 2.45) is 0 Å². The lowest BCUT2D eigenvalue weighted by Gasteiger charge is -2.06. The van der Waals surface area contributed by atoms with Gasteiger partial charge in [0.2, 0.25) is 11.9 Å². The van der Waals surface area contributed by atoms with E-state index >= 15 is 0 Å². The third-order valence-electron chi connectivity index (χ3n) is 4.19. The van der Waals surface area contributed by atoms with Gasteiger partial charge in [-0.1, -0.05) is 41.9 Å². The fourth-order valence-electron chi connectivity index (χ4n) is 2.78. The molecule has 0 aliphatic heterocycles. The van der Waals surface area contributed by atoms with Crippen LogP contribution in [-0.2, 0) is 10.0 Å². The van der Waals surface area contributed by atoms with Gasteiger partial charge in [-0.2, -0.15) is 18.7 Å². The van der Waals surface area contributed by atoms with E-state index in [1.54, 1.807) is 18.2 Å². The number of nitriles is 1. The number of benzene rings is 3. The van der Waals surface area contributed by atoms with Crippen LogP contribution in [0.1, 0.15) is 5.56 Å².